The highest BCUT2D eigenvalue weighted by molar-refractivity contribution is 7.17. The van der Waals surface area contributed by atoms with Crippen LogP contribution in [0.2, 0.25) is 0 Å². The first-order valence-corrected chi connectivity index (χ1v) is 12.2. The second-order valence-corrected chi connectivity index (χ2v) is 8.90. The quantitative estimate of drug-likeness (QED) is 0.296. The number of hydrogen-bond acceptors (Lipinski definition) is 8. The van der Waals surface area contributed by atoms with E-state index in [1.807, 2.05) is 0 Å². The molecule has 0 atom stereocenters. The van der Waals surface area contributed by atoms with Gasteiger partial charge in [-0.05, 0) is 42.8 Å². The molecule has 10 heteroatoms. The molecule has 2 aromatic heterocycles. The molecule has 0 fully saturated rings. The molecule has 0 spiro atoms. The number of thiophene rings is 1. The third kappa shape index (κ3) is 5.40. The fourth-order valence-corrected chi connectivity index (χ4v) is 4.85. The van der Waals surface area contributed by atoms with E-state index in [1.165, 1.54) is 43.8 Å². The highest BCUT2D eigenvalue weighted by Crippen LogP contribution is 2.40. The summed E-state index contributed by atoms with van der Waals surface area (Å²) in [6.45, 7) is 1.43. The van der Waals surface area contributed by atoms with E-state index in [0.29, 0.717) is 44.2 Å². The second-order valence-electron chi connectivity index (χ2n) is 8.02. The minimum atomic E-state index is -0.481. The summed E-state index contributed by atoms with van der Waals surface area (Å²) in [6.07, 6.45) is 0. The summed E-state index contributed by atoms with van der Waals surface area (Å²) in [6, 6.07) is 11.0. The summed E-state index contributed by atoms with van der Waals surface area (Å²) in [5.41, 5.74) is 2.19. The molecule has 2 N–H and O–H groups in total. The van der Waals surface area contributed by atoms with E-state index in [-0.39, 0.29) is 36.8 Å². The molecule has 0 saturated heterocycles. The zero-order valence-electron chi connectivity index (χ0n) is 20.5. The van der Waals surface area contributed by atoms with Crippen LogP contribution in [0.25, 0.3) is 21.3 Å². The van der Waals surface area contributed by atoms with Crippen molar-refractivity contribution in [2.45, 2.75) is 6.92 Å². The molecule has 4 aromatic rings. The van der Waals surface area contributed by atoms with Crippen LogP contribution >= 0.6 is 11.3 Å². The van der Waals surface area contributed by atoms with Crippen LogP contribution < -0.4 is 19.5 Å². The van der Waals surface area contributed by atoms with Crippen LogP contribution in [-0.4, -0.2) is 55.8 Å². The molecule has 0 aliphatic heterocycles. The summed E-state index contributed by atoms with van der Waals surface area (Å²) in [5.74, 6) is -0.0189. The van der Waals surface area contributed by atoms with Gasteiger partial charge in [-0.3, -0.25) is 9.59 Å². The molecular weight excluding hydrogens is 499 g/mol. The highest BCUT2D eigenvalue weighted by Gasteiger charge is 2.21. The average Bonchev–Trinajstić information content (AvgIpc) is 3.35. The number of nitrogens with one attached hydrogen (secondary N) is 1. The third-order valence-electron chi connectivity index (χ3n) is 5.64. The topological polar surface area (TPSA) is 107 Å². The highest BCUT2D eigenvalue weighted by atomic mass is 32.1. The van der Waals surface area contributed by atoms with Crippen LogP contribution in [0.15, 0.2) is 47.8 Å². The molecule has 0 aliphatic rings. The zero-order chi connectivity index (χ0) is 26.5. The Morgan fingerprint density at radius 2 is 1.92 bits per heavy atom. The lowest BCUT2D eigenvalue weighted by atomic mass is 10.0. The van der Waals surface area contributed by atoms with E-state index < -0.39 is 11.7 Å². The number of fused-ring (bicyclic) bond motifs is 1. The molecule has 2 heterocycles. The summed E-state index contributed by atoms with van der Waals surface area (Å²) in [5, 5.41) is 14.0. The number of hydrogen-bond donors (Lipinski definition) is 2. The van der Waals surface area contributed by atoms with Crippen LogP contribution in [0.1, 0.15) is 26.4 Å². The lowest BCUT2D eigenvalue weighted by Crippen LogP contribution is -2.30. The largest absolute Gasteiger partial charge is 0.494 e. The number of nitrogens with zero attached hydrogens (tertiary/aromatic N) is 1. The maximum Gasteiger partial charge on any atom is 0.251 e. The number of halogens is 1. The predicted molar refractivity (Wildman–Crippen MR) is 139 cm³/mol. The number of aromatic nitrogens is 1. The van der Waals surface area contributed by atoms with Crippen molar-refractivity contribution in [2.24, 2.45) is 0 Å². The smallest absolute Gasteiger partial charge is 0.251 e. The van der Waals surface area contributed by atoms with Crippen molar-refractivity contribution in [3.63, 3.8) is 0 Å². The molecule has 0 radical (unpaired) electrons. The molecule has 8 nitrogen and oxygen atoms in total. The Kier molecular flexibility index (Phi) is 8.00. The van der Waals surface area contributed by atoms with Gasteiger partial charge in [0.25, 0.3) is 5.91 Å². The Bertz CT molecular complexity index is 1470. The number of carbonyl (C=O) groups excluding carboxylic acids is 2. The van der Waals surface area contributed by atoms with Gasteiger partial charge in [-0.25, -0.2) is 9.37 Å². The number of aryl methyl sites for hydroxylation is 1. The van der Waals surface area contributed by atoms with Gasteiger partial charge in [0.05, 0.1) is 32.1 Å². The number of amides is 1. The standard InChI is InChI=1S/C27H25FN2O6S/c1-15-11-20(30-24(25(15)35-3)18-14-37-26-17(18)5-4-6-19(26)28)21(32)13-29-27(33)16-7-8-22(36-10-9-31)23(12-16)34-2/h4-8,11-12,14,31H,9-10,13H2,1-3H3,(H,29,33). The lowest BCUT2D eigenvalue weighted by Gasteiger charge is -2.13. The summed E-state index contributed by atoms with van der Waals surface area (Å²) >= 11 is 1.25. The van der Waals surface area contributed by atoms with Crippen molar-refractivity contribution >= 4 is 33.1 Å². The third-order valence-corrected chi connectivity index (χ3v) is 6.64. The number of rotatable bonds is 10. The molecule has 192 valence electrons. The number of Topliss-reactive ketones (excluding diaryl/α,β-unsaturated/α-hetero) is 1. The van der Waals surface area contributed by atoms with Gasteiger partial charge in [0.15, 0.2) is 17.3 Å². The van der Waals surface area contributed by atoms with Crippen LogP contribution in [0.4, 0.5) is 4.39 Å². The number of ether oxygens (including phenoxy) is 3. The molecule has 0 saturated carbocycles. The van der Waals surface area contributed by atoms with Gasteiger partial charge in [-0.1, -0.05) is 12.1 Å². The average molecular weight is 525 g/mol. The number of aliphatic hydroxyl groups is 1. The van der Waals surface area contributed by atoms with E-state index in [4.69, 9.17) is 19.3 Å². The van der Waals surface area contributed by atoms with Gasteiger partial charge < -0.3 is 24.6 Å². The number of aliphatic hydroxyl groups excluding tert-OH is 1. The Morgan fingerprint density at radius 3 is 2.65 bits per heavy atom. The Labute approximate surface area is 216 Å². The molecule has 0 bridgehead atoms. The first-order chi connectivity index (χ1) is 17.9. The lowest BCUT2D eigenvalue weighted by molar-refractivity contribution is 0.0902. The zero-order valence-corrected chi connectivity index (χ0v) is 21.3. The first kappa shape index (κ1) is 26.1. The number of benzene rings is 2. The summed E-state index contributed by atoms with van der Waals surface area (Å²) < 4.78 is 30.9. The normalized spacial score (nSPS) is 10.8. The maximum atomic E-state index is 14.3. The van der Waals surface area contributed by atoms with Crippen molar-refractivity contribution < 1.29 is 33.3 Å². The van der Waals surface area contributed by atoms with E-state index in [2.05, 4.69) is 10.3 Å². The van der Waals surface area contributed by atoms with Crippen molar-refractivity contribution in [1.29, 1.82) is 0 Å². The number of methoxy groups -OCH3 is 2. The SMILES string of the molecule is COc1cc(C(=O)NCC(=O)c2cc(C)c(OC)c(-c3csc4c(F)cccc34)n2)ccc1OCCO. The van der Waals surface area contributed by atoms with Crippen LogP contribution in [0.5, 0.6) is 17.2 Å². The van der Waals surface area contributed by atoms with Crippen molar-refractivity contribution in [2.75, 3.05) is 34.0 Å². The molecule has 37 heavy (non-hydrogen) atoms. The Morgan fingerprint density at radius 1 is 1.11 bits per heavy atom. The summed E-state index contributed by atoms with van der Waals surface area (Å²) in [4.78, 5) is 30.3. The molecule has 0 unspecified atom stereocenters. The van der Waals surface area contributed by atoms with Crippen molar-refractivity contribution in [3.8, 4) is 28.5 Å². The molecular formula is C27H25FN2O6S. The number of carbonyl (C=O) groups is 2. The minimum Gasteiger partial charge on any atom is -0.494 e. The van der Waals surface area contributed by atoms with Crippen LogP contribution in [0.3, 0.4) is 0 Å². The minimum absolute atomic E-state index is 0.0861. The van der Waals surface area contributed by atoms with Gasteiger partial charge in [0.1, 0.15) is 29.6 Å². The maximum absolute atomic E-state index is 14.3. The molecule has 4 rings (SSSR count). The fourth-order valence-electron chi connectivity index (χ4n) is 3.89. The van der Waals surface area contributed by atoms with Crippen LogP contribution in [0, 0.1) is 12.7 Å². The predicted octanol–water partition coefficient (Wildman–Crippen LogP) is 4.41. The summed E-state index contributed by atoms with van der Waals surface area (Å²) in [7, 11) is 2.95. The van der Waals surface area contributed by atoms with E-state index >= 15 is 0 Å². The fraction of sp³-hybridized carbons (Fsp3) is 0.222. The van der Waals surface area contributed by atoms with E-state index in [1.54, 1.807) is 36.6 Å². The van der Waals surface area contributed by atoms with Gasteiger partial charge >= 0.3 is 0 Å². The monoisotopic (exact) mass is 524 g/mol. The first-order valence-electron chi connectivity index (χ1n) is 11.3. The Hall–Kier alpha value is -4.02. The van der Waals surface area contributed by atoms with Crippen molar-refractivity contribution in [1.82, 2.24) is 10.3 Å². The van der Waals surface area contributed by atoms with E-state index in [9.17, 15) is 14.0 Å². The molecule has 2 aromatic carbocycles. The van der Waals surface area contributed by atoms with E-state index in [0.717, 1.165) is 0 Å². The van der Waals surface area contributed by atoms with Gasteiger partial charge in [0.2, 0.25) is 0 Å². The van der Waals surface area contributed by atoms with Gasteiger partial charge in [-0.2, -0.15) is 0 Å². The van der Waals surface area contributed by atoms with Crippen molar-refractivity contribution in [3.05, 3.63) is 70.5 Å². The molecule has 1 amide bonds. The Balaban J connectivity index is 1.56. The van der Waals surface area contributed by atoms with Crippen LogP contribution in [-0.2, 0) is 0 Å². The van der Waals surface area contributed by atoms with Gasteiger partial charge in [0, 0.05) is 21.9 Å². The number of ketones is 1. The molecule has 0 aliphatic carbocycles. The number of pyridine rings is 1. The van der Waals surface area contributed by atoms with Gasteiger partial charge in [-0.15, -0.1) is 11.3 Å². The second kappa shape index (κ2) is 11.4.